The van der Waals surface area contributed by atoms with E-state index in [1.165, 1.54) is 6.42 Å². The van der Waals surface area contributed by atoms with Gasteiger partial charge < -0.3 is 9.16 Å². The Morgan fingerprint density at radius 2 is 2.22 bits per heavy atom. The molecule has 3 rings (SSSR count). The van der Waals surface area contributed by atoms with Gasteiger partial charge in [-0.3, -0.25) is 0 Å². The van der Waals surface area contributed by atoms with Crippen LogP contribution >= 0.6 is 0 Å². The maximum absolute atomic E-state index is 9.80. The van der Waals surface area contributed by atoms with Crippen LogP contribution in [0.2, 0.25) is 19.6 Å². The molecule has 2 bridgehead atoms. The molecule has 0 aromatic carbocycles. The van der Waals surface area contributed by atoms with Gasteiger partial charge in [0.05, 0.1) is 6.10 Å². The van der Waals surface area contributed by atoms with Crippen LogP contribution in [-0.4, -0.2) is 25.6 Å². The molecule has 3 nitrogen and oxygen atoms in total. The van der Waals surface area contributed by atoms with E-state index in [1.54, 1.807) is 0 Å². The summed E-state index contributed by atoms with van der Waals surface area (Å²) < 4.78 is 12.5. The summed E-state index contributed by atoms with van der Waals surface area (Å²) in [7, 11) is -1.78. The van der Waals surface area contributed by atoms with Crippen LogP contribution < -0.4 is 0 Å². The van der Waals surface area contributed by atoms with Crippen LogP contribution in [-0.2, 0) is 9.16 Å². The van der Waals surface area contributed by atoms with Crippen LogP contribution in [0.5, 0.6) is 0 Å². The first kappa shape index (κ1) is 12.4. The highest BCUT2D eigenvalue weighted by atomic mass is 28.4. The fourth-order valence-corrected chi connectivity index (χ4v) is 5.25. The Bertz CT molecular complexity index is 436. The Morgan fingerprint density at radius 3 is 2.83 bits per heavy atom. The summed E-state index contributed by atoms with van der Waals surface area (Å²) in [5.74, 6) is 0.470. The molecule has 2 aliphatic heterocycles. The van der Waals surface area contributed by atoms with Crippen molar-refractivity contribution in [2.45, 2.75) is 62.6 Å². The maximum Gasteiger partial charge on any atom is 0.186 e. The lowest BCUT2D eigenvalue weighted by Crippen LogP contribution is -2.61. The van der Waals surface area contributed by atoms with Crippen molar-refractivity contribution in [1.82, 2.24) is 0 Å². The monoisotopic (exact) mass is 263 g/mol. The third-order valence-corrected chi connectivity index (χ3v) is 5.36. The molecule has 2 heterocycles. The van der Waals surface area contributed by atoms with Crippen molar-refractivity contribution in [2.24, 2.45) is 5.92 Å². The van der Waals surface area contributed by atoms with E-state index in [0.717, 1.165) is 19.3 Å². The van der Waals surface area contributed by atoms with E-state index in [0.29, 0.717) is 5.92 Å². The van der Waals surface area contributed by atoms with Gasteiger partial charge in [-0.2, -0.15) is 5.26 Å². The second-order valence-corrected chi connectivity index (χ2v) is 11.2. The lowest BCUT2D eigenvalue weighted by molar-refractivity contribution is -0.128. The van der Waals surface area contributed by atoms with E-state index >= 15 is 0 Å². The van der Waals surface area contributed by atoms with Crippen molar-refractivity contribution in [3.63, 3.8) is 0 Å². The molecule has 0 N–H and O–H groups in total. The minimum absolute atomic E-state index is 0.214. The van der Waals surface area contributed by atoms with E-state index in [2.05, 4.69) is 37.9 Å². The van der Waals surface area contributed by atoms with Crippen molar-refractivity contribution in [3.05, 3.63) is 12.2 Å². The van der Waals surface area contributed by atoms with Crippen molar-refractivity contribution >= 4 is 8.32 Å². The zero-order chi connectivity index (χ0) is 13.0. The summed E-state index contributed by atoms with van der Waals surface area (Å²) in [5, 5.41) is 9.80. The molecule has 2 fully saturated rings. The SMILES string of the molecule is C[Si](C)(C)OC1(C#N)CCC[C@@H]2C[C@@H]3C=C[C@@]21O3. The summed E-state index contributed by atoms with van der Waals surface area (Å²) in [6, 6.07) is 2.50. The predicted molar refractivity (Wildman–Crippen MR) is 71.5 cm³/mol. The highest BCUT2D eigenvalue weighted by Crippen LogP contribution is 2.57. The molecular weight excluding hydrogens is 242 g/mol. The summed E-state index contributed by atoms with van der Waals surface area (Å²) in [5.41, 5.74) is -1.20. The quantitative estimate of drug-likeness (QED) is 0.568. The Morgan fingerprint density at radius 1 is 1.44 bits per heavy atom. The number of rotatable bonds is 2. The third kappa shape index (κ3) is 1.54. The van der Waals surface area contributed by atoms with E-state index < -0.39 is 19.5 Å². The topological polar surface area (TPSA) is 42.2 Å². The molecule has 3 aliphatic rings. The van der Waals surface area contributed by atoms with Gasteiger partial charge in [-0.15, -0.1) is 0 Å². The van der Waals surface area contributed by atoms with Gasteiger partial charge >= 0.3 is 0 Å². The lowest BCUT2D eigenvalue weighted by Gasteiger charge is -2.49. The van der Waals surface area contributed by atoms with Gasteiger partial charge in [-0.25, -0.2) is 0 Å². The first-order chi connectivity index (χ1) is 8.41. The van der Waals surface area contributed by atoms with Gasteiger partial charge in [0, 0.05) is 0 Å². The molecule has 98 valence electrons. The van der Waals surface area contributed by atoms with Crippen LogP contribution in [0.1, 0.15) is 25.7 Å². The highest BCUT2D eigenvalue weighted by Gasteiger charge is 2.65. The van der Waals surface area contributed by atoms with Crippen molar-refractivity contribution in [1.29, 1.82) is 5.26 Å². The van der Waals surface area contributed by atoms with Crippen LogP contribution in [0.3, 0.4) is 0 Å². The summed E-state index contributed by atoms with van der Waals surface area (Å²) >= 11 is 0. The molecule has 4 atom stereocenters. The molecular formula is C14H21NO2Si. The number of fused-ring (bicyclic) bond motifs is 1. The first-order valence-corrected chi connectivity index (χ1v) is 10.3. The number of nitrogens with zero attached hydrogens (tertiary/aromatic N) is 1. The lowest BCUT2D eigenvalue weighted by atomic mass is 9.64. The van der Waals surface area contributed by atoms with E-state index in [4.69, 9.17) is 9.16 Å². The average Bonchev–Trinajstić information content (AvgIpc) is 2.85. The van der Waals surface area contributed by atoms with Gasteiger partial charge in [-0.1, -0.05) is 12.2 Å². The van der Waals surface area contributed by atoms with E-state index in [-0.39, 0.29) is 6.10 Å². The van der Waals surface area contributed by atoms with Crippen LogP contribution in [0.4, 0.5) is 0 Å². The minimum atomic E-state index is -1.78. The van der Waals surface area contributed by atoms with Crippen LogP contribution in [0, 0.1) is 17.2 Å². The van der Waals surface area contributed by atoms with Gasteiger partial charge in [0.25, 0.3) is 0 Å². The molecule has 0 radical (unpaired) electrons. The number of nitriles is 1. The highest BCUT2D eigenvalue weighted by molar-refractivity contribution is 6.69. The molecule has 1 unspecified atom stereocenters. The fraction of sp³-hybridized carbons (Fsp3) is 0.786. The fourth-order valence-electron chi connectivity index (χ4n) is 3.90. The Hall–Kier alpha value is -0.633. The maximum atomic E-state index is 9.80. The molecule has 1 spiro atoms. The zero-order valence-corrected chi connectivity index (χ0v) is 12.4. The Kier molecular flexibility index (Phi) is 2.54. The zero-order valence-electron chi connectivity index (χ0n) is 11.4. The van der Waals surface area contributed by atoms with Gasteiger partial charge in [0.2, 0.25) is 0 Å². The Labute approximate surface area is 110 Å². The molecule has 4 heteroatoms. The summed E-state index contributed by atoms with van der Waals surface area (Å²) in [4.78, 5) is 0. The number of hydrogen-bond donors (Lipinski definition) is 0. The largest absolute Gasteiger partial charge is 0.397 e. The van der Waals surface area contributed by atoms with Gasteiger partial charge in [-0.05, 0) is 51.2 Å². The van der Waals surface area contributed by atoms with Gasteiger partial charge in [0.1, 0.15) is 11.7 Å². The van der Waals surface area contributed by atoms with Crippen molar-refractivity contribution in [3.8, 4) is 6.07 Å². The summed E-state index contributed by atoms with van der Waals surface area (Å²) in [6.07, 6.45) is 8.59. The van der Waals surface area contributed by atoms with Crippen LogP contribution in [0.15, 0.2) is 12.2 Å². The number of hydrogen-bond acceptors (Lipinski definition) is 3. The van der Waals surface area contributed by atoms with E-state index in [1.807, 2.05) is 0 Å². The molecule has 1 saturated carbocycles. The molecule has 0 aromatic rings. The molecule has 1 saturated heterocycles. The second kappa shape index (κ2) is 3.69. The number of ether oxygens (including phenoxy) is 1. The minimum Gasteiger partial charge on any atom is -0.397 e. The normalized spacial score (nSPS) is 45.9. The Balaban J connectivity index is 2.03. The van der Waals surface area contributed by atoms with Crippen molar-refractivity contribution in [2.75, 3.05) is 0 Å². The smallest absolute Gasteiger partial charge is 0.186 e. The molecule has 0 amide bonds. The molecule has 18 heavy (non-hydrogen) atoms. The van der Waals surface area contributed by atoms with Crippen LogP contribution in [0.25, 0.3) is 0 Å². The molecule has 0 aromatic heterocycles. The average molecular weight is 263 g/mol. The standard InChI is InChI=1S/C14H21NO2Si/c1-18(2,3)17-13(10-15)7-4-5-11-9-12-6-8-14(11,13)16-12/h6,8,11-12H,4-5,7,9H2,1-3H3/t11-,12+,13?,14-/m1/s1. The third-order valence-electron chi connectivity index (χ3n) is 4.40. The predicted octanol–water partition coefficient (Wildman–Crippen LogP) is 3.00. The van der Waals surface area contributed by atoms with E-state index in [9.17, 15) is 5.26 Å². The molecule has 1 aliphatic carbocycles. The second-order valence-electron chi connectivity index (χ2n) is 6.79. The first-order valence-electron chi connectivity index (χ1n) is 6.89. The van der Waals surface area contributed by atoms with Crippen molar-refractivity contribution < 1.29 is 9.16 Å². The summed E-state index contributed by atoms with van der Waals surface area (Å²) in [6.45, 7) is 6.45. The van der Waals surface area contributed by atoms with Gasteiger partial charge in [0.15, 0.2) is 13.9 Å².